The number of fused-ring (bicyclic) bond motifs is 1. The number of rotatable bonds is 5. The first-order chi connectivity index (χ1) is 11.5. The van der Waals surface area contributed by atoms with Gasteiger partial charge in [0.05, 0.1) is 13.2 Å². The molecule has 3 atom stereocenters. The molecule has 4 nitrogen and oxygen atoms in total. The molecule has 1 aromatic rings. The predicted octanol–water partition coefficient (Wildman–Crippen LogP) is 2.83. The van der Waals surface area contributed by atoms with Crippen LogP contribution in [0.2, 0.25) is 0 Å². The van der Waals surface area contributed by atoms with Crippen LogP contribution in [0.15, 0.2) is 18.2 Å². The quantitative estimate of drug-likeness (QED) is 0.894. The lowest BCUT2D eigenvalue weighted by atomic mass is 9.65. The van der Waals surface area contributed by atoms with Crippen molar-refractivity contribution in [3.63, 3.8) is 0 Å². The average molecular weight is 341 g/mol. The van der Waals surface area contributed by atoms with Crippen LogP contribution in [0.4, 0.5) is 8.78 Å². The van der Waals surface area contributed by atoms with E-state index in [4.69, 9.17) is 9.47 Å². The predicted molar refractivity (Wildman–Crippen MR) is 87.1 cm³/mol. The summed E-state index contributed by atoms with van der Waals surface area (Å²) < 4.78 is 35.6. The molecule has 1 heterocycles. The summed E-state index contributed by atoms with van der Waals surface area (Å²) in [6.07, 6.45) is 0.619. The monoisotopic (exact) mass is 341 g/mol. The largest absolute Gasteiger partial charge is 0.493 e. The van der Waals surface area contributed by atoms with E-state index in [9.17, 15) is 13.9 Å². The average Bonchev–Trinajstić information content (AvgIpc) is 2.90. The summed E-state index contributed by atoms with van der Waals surface area (Å²) in [6, 6.07) is 5.92. The fourth-order valence-electron chi connectivity index (χ4n) is 4.35. The fraction of sp³-hybridized carbons (Fsp3) is 0.667. The molecule has 1 saturated heterocycles. The number of aliphatic hydroxyl groups excluding tert-OH is 1. The highest BCUT2D eigenvalue weighted by Gasteiger charge is 2.50. The van der Waals surface area contributed by atoms with Crippen molar-refractivity contribution in [2.45, 2.75) is 49.7 Å². The molecule has 1 aliphatic carbocycles. The minimum Gasteiger partial charge on any atom is -0.493 e. The Balaban J connectivity index is 1.94. The van der Waals surface area contributed by atoms with Crippen molar-refractivity contribution in [1.82, 2.24) is 4.90 Å². The van der Waals surface area contributed by atoms with E-state index in [-0.39, 0.29) is 17.6 Å². The van der Waals surface area contributed by atoms with Gasteiger partial charge in [0.2, 0.25) is 0 Å². The summed E-state index contributed by atoms with van der Waals surface area (Å²) in [4.78, 5) is 2.30. The SMILES string of the molecule is COc1ccc([C@@]23CC[C@@H](O)C[C@@H]2N(C)CC3)cc1OCC(F)F. The molecule has 1 aliphatic heterocycles. The topological polar surface area (TPSA) is 41.9 Å². The van der Waals surface area contributed by atoms with Gasteiger partial charge in [0.1, 0.15) is 6.61 Å². The Morgan fingerprint density at radius 2 is 2.12 bits per heavy atom. The van der Waals surface area contributed by atoms with E-state index in [1.54, 1.807) is 6.07 Å². The fourth-order valence-corrected chi connectivity index (χ4v) is 4.35. The highest BCUT2D eigenvalue weighted by atomic mass is 19.3. The van der Waals surface area contributed by atoms with Gasteiger partial charge in [-0.05, 0) is 57.0 Å². The summed E-state index contributed by atoms with van der Waals surface area (Å²) in [6.45, 7) is 0.325. The number of hydrogen-bond acceptors (Lipinski definition) is 4. The second-order valence-corrected chi connectivity index (χ2v) is 6.90. The van der Waals surface area contributed by atoms with Gasteiger partial charge in [0.25, 0.3) is 6.43 Å². The summed E-state index contributed by atoms with van der Waals surface area (Å²) in [5, 5.41) is 10.1. The van der Waals surface area contributed by atoms with E-state index >= 15 is 0 Å². The number of aliphatic hydroxyl groups is 1. The minimum absolute atomic E-state index is 0.0524. The summed E-state index contributed by atoms with van der Waals surface area (Å²) in [5.74, 6) is 0.832. The molecule has 1 saturated carbocycles. The van der Waals surface area contributed by atoms with Crippen LogP contribution in [-0.4, -0.2) is 55.9 Å². The second-order valence-electron chi connectivity index (χ2n) is 6.90. The molecular weight excluding hydrogens is 316 g/mol. The summed E-state index contributed by atoms with van der Waals surface area (Å²) in [5.41, 5.74) is 1.04. The Labute approximate surface area is 141 Å². The van der Waals surface area contributed by atoms with Crippen LogP contribution in [-0.2, 0) is 5.41 Å². The van der Waals surface area contributed by atoms with Gasteiger partial charge in [-0.2, -0.15) is 0 Å². The number of methoxy groups -OCH3 is 1. The van der Waals surface area contributed by atoms with Crippen LogP contribution in [0, 0.1) is 0 Å². The molecule has 6 heteroatoms. The lowest BCUT2D eigenvalue weighted by Crippen LogP contribution is -2.47. The Bertz CT molecular complexity index is 583. The van der Waals surface area contributed by atoms with Crippen molar-refractivity contribution in [2.24, 2.45) is 0 Å². The molecule has 0 spiro atoms. The van der Waals surface area contributed by atoms with Crippen molar-refractivity contribution < 1.29 is 23.4 Å². The van der Waals surface area contributed by atoms with E-state index in [0.29, 0.717) is 11.5 Å². The van der Waals surface area contributed by atoms with Crippen LogP contribution < -0.4 is 9.47 Å². The zero-order chi connectivity index (χ0) is 17.3. The Morgan fingerprint density at radius 1 is 1.33 bits per heavy atom. The van der Waals surface area contributed by atoms with Crippen LogP contribution >= 0.6 is 0 Å². The Hall–Kier alpha value is -1.40. The summed E-state index contributed by atoms with van der Waals surface area (Å²) >= 11 is 0. The number of likely N-dealkylation sites (tertiary alicyclic amines) is 1. The maximum atomic E-state index is 12.5. The second kappa shape index (κ2) is 6.84. The molecular formula is C18H25F2NO3. The van der Waals surface area contributed by atoms with Crippen molar-refractivity contribution in [3.05, 3.63) is 23.8 Å². The van der Waals surface area contributed by atoms with E-state index in [1.807, 2.05) is 12.1 Å². The van der Waals surface area contributed by atoms with Crippen molar-refractivity contribution >= 4 is 0 Å². The maximum Gasteiger partial charge on any atom is 0.272 e. The third kappa shape index (κ3) is 3.09. The highest BCUT2D eigenvalue weighted by molar-refractivity contribution is 5.46. The van der Waals surface area contributed by atoms with Gasteiger partial charge < -0.3 is 19.5 Å². The molecule has 2 fully saturated rings. The molecule has 1 aromatic carbocycles. The lowest BCUT2D eigenvalue weighted by molar-refractivity contribution is 0.0563. The minimum atomic E-state index is -2.52. The molecule has 0 aromatic heterocycles. The number of hydrogen-bond donors (Lipinski definition) is 1. The van der Waals surface area contributed by atoms with Gasteiger partial charge in [-0.15, -0.1) is 0 Å². The third-order valence-corrected chi connectivity index (χ3v) is 5.60. The molecule has 134 valence electrons. The van der Waals surface area contributed by atoms with Crippen molar-refractivity contribution in [1.29, 1.82) is 0 Å². The Kier molecular flexibility index (Phi) is 4.97. The molecule has 1 N–H and O–H groups in total. The van der Waals surface area contributed by atoms with E-state index < -0.39 is 13.0 Å². The molecule has 0 unspecified atom stereocenters. The number of ether oxygens (including phenoxy) is 2. The first kappa shape index (κ1) is 17.4. The maximum absolute atomic E-state index is 12.5. The van der Waals surface area contributed by atoms with Crippen LogP contribution in [0.25, 0.3) is 0 Å². The van der Waals surface area contributed by atoms with Crippen molar-refractivity contribution in [3.8, 4) is 11.5 Å². The van der Waals surface area contributed by atoms with Gasteiger partial charge in [-0.25, -0.2) is 8.78 Å². The van der Waals surface area contributed by atoms with Crippen molar-refractivity contribution in [2.75, 3.05) is 27.3 Å². The number of alkyl halides is 2. The number of nitrogens with zero attached hydrogens (tertiary/aromatic N) is 1. The van der Waals surface area contributed by atoms with Gasteiger partial charge in [0, 0.05) is 11.5 Å². The third-order valence-electron chi connectivity index (χ3n) is 5.60. The zero-order valence-corrected chi connectivity index (χ0v) is 14.2. The van der Waals surface area contributed by atoms with Crippen LogP contribution in [0.1, 0.15) is 31.2 Å². The molecule has 24 heavy (non-hydrogen) atoms. The molecule has 2 aliphatic rings. The van der Waals surface area contributed by atoms with E-state index in [1.165, 1.54) is 7.11 Å². The normalized spacial score (nSPS) is 30.4. The van der Waals surface area contributed by atoms with Gasteiger partial charge in [0.15, 0.2) is 11.5 Å². The number of halogens is 2. The summed E-state index contributed by atoms with van der Waals surface area (Å²) in [7, 11) is 3.59. The van der Waals surface area contributed by atoms with Crippen LogP contribution in [0.3, 0.4) is 0 Å². The van der Waals surface area contributed by atoms with Gasteiger partial charge in [-0.3, -0.25) is 0 Å². The first-order valence-corrected chi connectivity index (χ1v) is 8.44. The van der Waals surface area contributed by atoms with E-state index in [2.05, 4.69) is 11.9 Å². The lowest BCUT2D eigenvalue weighted by Gasteiger charge is -2.43. The van der Waals surface area contributed by atoms with Crippen LogP contribution in [0.5, 0.6) is 11.5 Å². The zero-order valence-electron chi connectivity index (χ0n) is 14.2. The van der Waals surface area contributed by atoms with Gasteiger partial charge >= 0.3 is 0 Å². The molecule has 0 amide bonds. The van der Waals surface area contributed by atoms with E-state index in [0.717, 1.165) is 37.8 Å². The molecule has 3 rings (SSSR count). The molecule has 0 radical (unpaired) electrons. The van der Waals surface area contributed by atoms with Gasteiger partial charge in [-0.1, -0.05) is 6.07 Å². The highest BCUT2D eigenvalue weighted by Crippen LogP contribution is 2.49. The number of benzene rings is 1. The standard InChI is InChI=1S/C18H25F2NO3/c1-21-8-7-18(6-5-13(22)10-16(18)21)12-3-4-14(23-2)15(9-12)24-11-17(19)20/h3-4,9,13,16-17,22H,5-8,10-11H2,1-2H3/t13-,16+,18+/m1/s1. The smallest absolute Gasteiger partial charge is 0.272 e. The molecule has 0 bridgehead atoms. The first-order valence-electron chi connectivity index (χ1n) is 8.44. The number of likely N-dealkylation sites (N-methyl/N-ethyl adjacent to an activating group) is 1. The Morgan fingerprint density at radius 3 is 2.83 bits per heavy atom.